The van der Waals surface area contributed by atoms with Gasteiger partial charge in [-0.25, -0.2) is 10.8 Å². The Balaban J connectivity index is 2.21. The lowest BCUT2D eigenvalue weighted by Gasteiger charge is -2.08. The molecule has 0 saturated heterocycles. The van der Waals surface area contributed by atoms with Gasteiger partial charge in [-0.05, 0) is 36.2 Å². The van der Waals surface area contributed by atoms with Crippen LogP contribution in [0.3, 0.4) is 0 Å². The van der Waals surface area contributed by atoms with Crippen LogP contribution in [0.2, 0.25) is 5.15 Å². The number of aryl methyl sites for hydroxylation is 1. The second kappa shape index (κ2) is 6.36. The molecule has 0 bridgehead atoms. The van der Waals surface area contributed by atoms with E-state index in [1.165, 1.54) is 12.1 Å². The van der Waals surface area contributed by atoms with Crippen molar-refractivity contribution in [1.82, 2.24) is 4.98 Å². The van der Waals surface area contributed by atoms with Gasteiger partial charge in [0, 0.05) is 11.3 Å². The monoisotopic (exact) mass is 290 g/mol. The van der Waals surface area contributed by atoms with Gasteiger partial charge in [0.25, 0.3) is 5.91 Å². The van der Waals surface area contributed by atoms with Crippen LogP contribution in [0, 0.1) is 0 Å². The summed E-state index contributed by atoms with van der Waals surface area (Å²) in [5.74, 6) is 5.35. The van der Waals surface area contributed by atoms with Crippen LogP contribution in [0.15, 0.2) is 36.4 Å². The number of anilines is 2. The highest BCUT2D eigenvalue weighted by atomic mass is 35.5. The SMILES string of the molecule is CCc1cccc(NC(=O)c2cc(Cl)nc(NN)c2)c1. The fourth-order valence-electron chi connectivity index (χ4n) is 1.77. The zero-order chi connectivity index (χ0) is 14.5. The number of benzene rings is 1. The maximum absolute atomic E-state index is 12.2. The average Bonchev–Trinajstić information content (AvgIpc) is 2.46. The normalized spacial score (nSPS) is 10.2. The zero-order valence-electron chi connectivity index (χ0n) is 11.0. The smallest absolute Gasteiger partial charge is 0.255 e. The van der Waals surface area contributed by atoms with E-state index in [-0.39, 0.29) is 11.1 Å². The quantitative estimate of drug-likeness (QED) is 0.459. The van der Waals surface area contributed by atoms with E-state index in [0.717, 1.165) is 17.7 Å². The molecule has 0 aliphatic heterocycles. The molecule has 0 radical (unpaired) electrons. The van der Waals surface area contributed by atoms with Gasteiger partial charge in [-0.2, -0.15) is 0 Å². The van der Waals surface area contributed by atoms with Crippen LogP contribution in [0.1, 0.15) is 22.8 Å². The molecule has 1 aromatic heterocycles. The number of halogens is 1. The summed E-state index contributed by atoms with van der Waals surface area (Å²) in [5.41, 5.74) is 4.65. The van der Waals surface area contributed by atoms with Crippen LogP contribution >= 0.6 is 11.6 Å². The Bertz CT molecular complexity index is 630. The van der Waals surface area contributed by atoms with Crippen molar-refractivity contribution in [3.63, 3.8) is 0 Å². The molecule has 2 rings (SSSR count). The van der Waals surface area contributed by atoms with Gasteiger partial charge >= 0.3 is 0 Å². The van der Waals surface area contributed by atoms with Gasteiger partial charge in [0.05, 0.1) is 0 Å². The topological polar surface area (TPSA) is 80.0 Å². The number of hydrazine groups is 1. The third kappa shape index (κ3) is 3.46. The van der Waals surface area contributed by atoms with Crippen molar-refractivity contribution in [3.8, 4) is 0 Å². The fraction of sp³-hybridized carbons (Fsp3) is 0.143. The number of carbonyl (C=O) groups excluding carboxylic acids is 1. The molecule has 20 heavy (non-hydrogen) atoms. The van der Waals surface area contributed by atoms with Crippen molar-refractivity contribution >= 4 is 29.0 Å². The van der Waals surface area contributed by atoms with E-state index in [2.05, 4.69) is 22.7 Å². The van der Waals surface area contributed by atoms with Gasteiger partial charge in [-0.15, -0.1) is 0 Å². The second-order valence-corrected chi connectivity index (χ2v) is 4.60. The zero-order valence-corrected chi connectivity index (χ0v) is 11.7. The summed E-state index contributed by atoms with van der Waals surface area (Å²) in [7, 11) is 0. The lowest BCUT2D eigenvalue weighted by Crippen LogP contribution is -2.14. The molecule has 0 aliphatic rings. The van der Waals surface area contributed by atoms with Gasteiger partial charge in [0.1, 0.15) is 11.0 Å². The van der Waals surface area contributed by atoms with Crippen LogP contribution in [-0.4, -0.2) is 10.9 Å². The second-order valence-electron chi connectivity index (χ2n) is 4.22. The van der Waals surface area contributed by atoms with Gasteiger partial charge in [0.2, 0.25) is 0 Å². The number of hydrogen-bond acceptors (Lipinski definition) is 4. The standard InChI is InChI=1S/C14H15ClN4O/c1-2-9-4-3-5-11(6-9)17-14(20)10-7-12(15)18-13(8-10)19-16/h3-8H,2,16H2,1H3,(H,17,20)(H,18,19). The highest BCUT2D eigenvalue weighted by Gasteiger charge is 2.09. The van der Waals surface area contributed by atoms with Crippen LogP contribution in [0.4, 0.5) is 11.5 Å². The van der Waals surface area contributed by atoms with Crippen LogP contribution in [-0.2, 0) is 6.42 Å². The number of nitrogens with one attached hydrogen (secondary N) is 2. The van der Waals surface area contributed by atoms with E-state index in [4.69, 9.17) is 17.4 Å². The molecule has 1 amide bonds. The first-order valence-electron chi connectivity index (χ1n) is 6.17. The lowest BCUT2D eigenvalue weighted by atomic mass is 10.1. The van der Waals surface area contributed by atoms with Crippen molar-refractivity contribution in [3.05, 3.63) is 52.7 Å². The van der Waals surface area contributed by atoms with E-state index >= 15 is 0 Å². The Hall–Kier alpha value is -2.11. The summed E-state index contributed by atoms with van der Waals surface area (Å²) in [6.45, 7) is 2.06. The number of rotatable bonds is 4. The number of hydrogen-bond donors (Lipinski definition) is 3. The van der Waals surface area contributed by atoms with Gasteiger partial charge in [-0.3, -0.25) is 4.79 Å². The maximum atomic E-state index is 12.2. The number of pyridine rings is 1. The minimum atomic E-state index is -0.265. The highest BCUT2D eigenvalue weighted by Crippen LogP contribution is 2.17. The molecule has 5 nitrogen and oxygen atoms in total. The molecule has 2 aromatic rings. The molecule has 0 atom stereocenters. The van der Waals surface area contributed by atoms with Gasteiger partial charge in [-0.1, -0.05) is 30.7 Å². The van der Waals surface area contributed by atoms with E-state index in [1.807, 2.05) is 24.3 Å². The predicted molar refractivity (Wildman–Crippen MR) is 80.8 cm³/mol. The number of nitrogens with zero attached hydrogens (tertiary/aromatic N) is 1. The summed E-state index contributed by atoms with van der Waals surface area (Å²) in [4.78, 5) is 16.1. The summed E-state index contributed by atoms with van der Waals surface area (Å²) in [6.07, 6.45) is 0.909. The molecule has 1 heterocycles. The molecular weight excluding hydrogens is 276 g/mol. The van der Waals surface area contributed by atoms with Gasteiger partial charge < -0.3 is 10.7 Å². The highest BCUT2D eigenvalue weighted by molar-refractivity contribution is 6.30. The molecule has 6 heteroatoms. The molecule has 0 saturated carbocycles. The van der Waals surface area contributed by atoms with Crippen molar-refractivity contribution in [2.45, 2.75) is 13.3 Å². The Labute approximate surface area is 122 Å². The largest absolute Gasteiger partial charge is 0.322 e. The average molecular weight is 291 g/mol. The predicted octanol–water partition coefficient (Wildman–Crippen LogP) is 2.84. The number of amides is 1. The molecule has 0 spiro atoms. The Morgan fingerprint density at radius 1 is 1.35 bits per heavy atom. The van der Waals surface area contributed by atoms with Crippen LogP contribution in [0.25, 0.3) is 0 Å². The van der Waals surface area contributed by atoms with Gasteiger partial charge in [0.15, 0.2) is 0 Å². The minimum Gasteiger partial charge on any atom is -0.322 e. The van der Waals surface area contributed by atoms with Crippen LogP contribution in [0.5, 0.6) is 0 Å². The maximum Gasteiger partial charge on any atom is 0.255 e. The molecule has 0 unspecified atom stereocenters. The molecular formula is C14H15ClN4O. The third-order valence-corrected chi connectivity index (χ3v) is 2.99. The van der Waals surface area contributed by atoms with Crippen molar-refractivity contribution < 1.29 is 4.79 Å². The van der Waals surface area contributed by atoms with Crippen molar-refractivity contribution in [2.75, 3.05) is 10.7 Å². The number of nitrogen functional groups attached to an aromatic ring is 1. The molecule has 1 aromatic carbocycles. The summed E-state index contributed by atoms with van der Waals surface area (Å²) >= 11 is 5.84. The van der Waals surface area contributed by atoms with Crippen molar-refractivity contribution in [2.24, 2.45) is 5.84 Å². The number of carbonyl (C=O) groups is 1. The minimum absolute atomic E-state index is 0.202. The van der Waals surface area contributed by atoms with E-state index in [9.17, 15) is 4.79 Å². The van der Waals surface area contributed by atoms with Crippen molar-refractivity contribution in [1.29, 1.82) is 0 Å². The number of aromatic nitrogens is 1. The van der Waals surface area contributed by atoms with E-state index in [0.29, 0.717) is 11.4 Å². The Morgan fingerprint density at radius 2 is 2.15 bits per heavy atom. The summed E-state index contributed by atoms with van der Waals surface area (Å²) in [6, 6.07) is 10.7. The third-order valence-electron chi connectivity index (χ3n) is 2.80. The summed E-state index contributed by atoms with van der Waals surface area (Å²) in [5, 5.41) is 3.02. The molecule has 0 aliphatic carbocycles. The molecule has 0 fully saturated rings. The Morgan fingerprint density at radius 3 is 2.85 bits per heavy atom. The first-order valence-corrected chi connectivity index (χ1v) is 6.54. The first kappa shape index (κ1) is 14.3. The molecule has 4 N–H and O–H groups in total. The number of nitrogens with two attached hydrogens (primary N) is 1. The van der Waals surface area contributed by atoms with E-state index in [1.54, 1.807) is 0 Å². The van der Waals surface area contributed by atoms with Crippen LogP contribution < -0.4 is 16.6 Å². The molecule has 104 valence electrons. The summed E-state index contributed by atoms with van der Waals surface area (Å²) < 4.78 is 0. The Kier molecular flexibility index (Phi) is 4.55. The van der Waals surface area contributed by atoms with E-state index < -0.39 is 0 Å². The fourth-order valence-corrected chi connectivity index (χ4v) is 1.98. The lowest BCUT2D eigenvalue weighted by molar-refractivity contribution is 0.102. The first-order chi connectivity index (χ1) is 9.62.